The minimum atomic E-state index is -0.715. The topological polar surface area (TPSA) is 35.5 Å². The molecule has 2 rings (SSSR count). The third kappa shape index (κ3) is 5.11. The smallest absolute Gasteiger partial charge is 0.341 e. The molecular formula is C18H17Cl2FO3. The van der Waals surface area contributed by atoms with Crippen molar-refractivity contribution in [2.24, 2.45) is 0 Å². The van der Waals surface area contributed by atoms with Crippen LogP contribution < -0.4 is 4.74 Å². The molecule has 2 aromatic rings. The van der Waals surface area contributed by atoms with Crippen molar-refractivity contribution in [1.29, 1.82) is 0 Å². The second-order valence-corrected chi connectivity index (χ2v) is 7.05. The van der Waals surface area contributed by atoms with Crippen molar-refractivity contribution in [3.63, 3.8) is 0 Å². The summed E-state index contributed by atoms with van der Waals surface area (Å²) in [4.78, 5) is 12.1. The van der Waals surface area contributed by atoms with Crippen molar-refractivity contribution in [1.82, 2.24) is 0 Å². The molecule has 6 heteroatoms. The van der Waals surface area contributed by atoms with Crippen LogP contribution in [0.5, 0.6) is 5.75 Å². The van der Waals surface area contributed by atoms with Crippen molar-refractivity contribution < 1.29 is 18.7 Å². The van der Waals surface area contributed by atoms with E-state index in [4.69, 9.17) is 32.7 Å². The number of carbonyl (C=O) groups excluding carboxylic acids is 1. The van der Waals surface area contributed by atoms with Crippen molar-refractivity contribution in [2.75, 3.05) is 0 Å². The fourth-order valence-electron chi connectivity index (χ4n) is 1.95. The average molecular weight is 371 g/mol. The molecule has 0 atom stereocenters. The van der Waals surface area contributed by atoms with Gasteiger partial charge in [-0.05, 0) is 45.0 Å². The van der Waals surface area contributed by atoms with E-state index in [-0.39, 0.29) is 17.7 Å². The minimum Gasteiger partial charge on any atom is -0.489 e. The van der Waals surface area contributed by atoms with Crippen LogP contribution in [0.3, 0.4) is 0 Å². The molecule has 0 fully saturated rings. The van der Waals surface area contributed by atoms with Crippen LogP contribution in [0.4, 0.5) is 4.39 Å². The molecule has 0 bridgehead atoms. The van der Waals surface area contributed by atoms with Crippen LogP contribution in [0.15, 0.2) is 36.4 Å². The zero-order chi connectivity index (χ0) is 17.9. The van der Waals surface area contributed by atoms with Gasteiger partial charge in [0.2, 0.25) is 0 Å². The van der Waals surface area contributed by atoms with Crippen molar-refractivity contribution in [2.45, 2.75) is 33.0 Å². The van der Waals surface area contributed by atoms with E-state index in [1.54, 1.807) is 45.0 Å². The highest BCUT2D eigenvalue weighted by Crippen LogP contribution is 2.25. The third-order valence-electron chi connectivity index (χ3n) is 2.93. The van der Waals surface area contributed by atoms with Gasteiger partial charge in [0.15, 0.2) is 0 Å². The molecule has 0 heterocycles. The Hall–Kier alpha value is -1.78. The molecule has 128 valence electrons. The zero-order valence-electron chi connectivity index (χ0n) is 13.5. The molecule has 0 saturated carbocycles. The fourth-order valence-corrected chi connectivity index (χ4v) is 2.46. The third-order valence-corrected chi connectivity index (χ3v) is 3.36. The van der Waals surface area contributed by atoms with E-state index in [1.165, 1.54) is 12.1 Å². The van der Waals surface area contributed by atoms with E-state index in [1.807, 2.05) is 0 Å². The molecule has 2 aromatic carbocycles. The molecule has 0 N–H and O–H groups in total. The molecule has 0 amide bonds. The summed E-state index contributed by atoms with van der Waals surface area (Å²) in [5.41, 5.74) is -0.599. The molecular weight excluding hydrogens is 354 g/mol. The highest BCUT2D eigenvalue weighted by Gasteiger charge is 2.22. The Morgan fingerprint density at radius 1 is 1.12 bits per heavy atom. The molecule has 0 aromatic heterocycles. The van der Waals surface area contributed by atoms with Gasteiger partial charge in [-0.2, -0.15) is 0 Å². The zero-order valence-corrected chi connectivity index (χ0v) is 15.0. The van der Waals surface area contributed by atoms with E-state index in [0.29, 0.717) is 15.8 Å². The summed E-state index contributed by atoms with van der Waals surface area (Å²) in [6, 6.07) is 9.20. The van der Waals surface area contributed by atoms with Crippen LogP contribution in [-0.2, 0) is 11.3 Å². The van der Waals surface area contributed by atoms with E-state index in [2.05, 4.69) is 0 Å². The SMILES string of the molecule is CC(C)(C)OC(=O)c1cccc(COc2cc(Cl)cc(Cl)c2)c1F. The van der Waals surface area contributed by atoms with E-state index in [9.17, 15) is 9.18 Å². The molecule has 0 aliphatic carbocycles. The Morgan fingerprint density at radius 3 is 2.33 bits per heavy atom. The number of carbonyl (C=O) groups is 1. The summed E-state index contributed by atoms with van der Waals surface area (Å²) >= 11 is 11.8. The number of rotatable bonds is 4. The normalized spacial score (nSPS) is 11.2. The van der Waals surface area contributed by atoms with Crippen molar-refractivity contribution in [3.05, 3.63) is 63.4 Å². The predicted octanol–water partition coefficient (Wildman–Crippen LogP) is 5.67. The lowest BCUT2D eigenvalue weighted by atomic mass is 10.1. The summed E-state index contributed by atoms with van der Waals surface area (Å²) in [5, 5.41) is 0.834. The molecule has 24 heavy (non-hydrogen) atoms. The highest BCUT2D eigenvalue weighted by atomic mass is 35.5. The van der Waals surface area contributed by atoms with Gasteiger partial charge >= 0.3 is 5.97 Å². The van der Waals surface area contributed by atoms with Crippen LogP contribution in [-0.4, -0.2) is 11.6 Å². The first-order valence-corrected chi connectivity index (χ1v) is 8.01. The first kappa shape index (κ1) is 18.6. The number of hydrogen-bond acceptors (Lipinski definition) is 3. The van der Waals surface area contributed by atoms with Crippen LogP contribution >= 0.6 is 23.2 Å². The lowest BCUT2D eigenvalue weighted by Crippen LogP contribution is -2.24. The van der Waals surface area contributed by atoms with Crippen LogP contribution in [0.25, 0.3) is 0 Å². The Labute approximate surface area is 150 Å². The van der Waals surface area contributed by atoms with Gasteiger partial charge in [-0.1, -0.05) is 35.3 Å². The molecule has 0 aliphatic heterocycles. The summed E-state index contributed by atoms with van der Waals surface area (Å²) < 4.78 is 25.2. The Bertz CT molecular complexity index is 734. The van der Waals surface area contributed by atoms with Gasteiger partial charge < -0.3 is 9.47 Å². The summed E-state index contributed by atoms with van der Waals surface area (Å²) in [6.45, 7) is 5.09. The predicted molar refractivity (Wildman–Crippen MR) is 92.4 cm³/mol. The first-order chi connectivity index (χ1) is 11.2. The molecule has 0 unspecified atom stereocenters. The Kier molecular flexibility index (Phi) is 5.73. The maximum Gasteiger partial charge on any atom is 0.341 e. The molecule has 0 radical (unpaired) electrons. The Balaban J connectivity index is 2.17. The monoisotopic (exact) mass is 370 g/mol. The number of esters is 1. The lowest BCUT2D eigenvalue weighted by molar-refractivity contribution is 0.00643. The second-order valence-electron chi connectivity index (χ2n) is 6.17. The number of ether oxygens (including phenoxy) is 2. The molecule has 0 spiro atoms. The van der Waals surface area contributed by atoms with Crippen LogP contribution in [0, 0.1) is 5.82 Å². The number of hydrogen-bond donors (Lipinski definition) is 0. The van der Waals surface area contributed by atoms with Crippen molar-refractivity contribution in [3.8, 4) is 5.75 Å². The summed E-state index contributed by atoms with van der Waals surface area (Å²) in [7, 11) is 0. The summed E-state index contributed by atoms with van der Waals surface area (Å²) in [6.07, 6.45) is 0. The van der Waals surface area contributed by atoms with Gasteiger partial charge in [-0.25, -0.2) is 9.18 Å². The van der Waals surface area contributed by atoms with Crippen molar-refractivity contribution >= 4 is 29.2 Å². The fraction of sp³-hybridized carbons (Fsp3) is 0.278. The average Bonchev–Trinajstić information content (AvgIpc) is 2.43. The number of benzene rings is 2. The standard InChI is InChI=1S/C18H17Cl2FO3/c1-18(2,3)24-17(22)15-6-4-5-11(16(15)21)10-23-14-8-12(19)7-13(20)9-14/h4-9H,10H2,1-3H3. The molecule has 0 saturated heterocycles. The second kappa shape index (κ2) is 7.41. The highest BCUT2D eigenvalue weighted by molar-refractivity contribution is 6.34. The van der Waals surface area contributed by atoms with Gasteiger partial charge in [-0.15, -0.1) is 0 Å². The van der Waals surface area contributed by atoms with E-state index in [0.717, 1.165) is 0 Å². The maximum atomic E-state index is 14.5. The molecule has 0 aliphatic rings. The number of halogens is 3. The lowest BCUT2D eigenvalue weighted by Gasteiger charge is -2.20. The maximum absolute atomic E-state index is 14.5. The summed E-state index contributed by atoms with van der Waals surface area (Å²) in [5.74, 6) is -0.970. The minimum absolute atomic E-state index is 0.0703. The van der Waals surface area contributed by atoms with E-state index < -0.39 is 17.4 Å². The quantitative estimate of drug-likeness (QED) is 0.650. The van der Waals surface area contributed by atoms with Gasteiger partial charge in [0.25, 0.3) is 0 Å². The van der Waals surface area contributed by atoms with Crippen LogP contribution in [0.2, 0.25) is 10.0 Å². The van der Waals surface area contributed by atoms with E-state index >= 15 is 0 Å². The molecule has 3 nitrogen and oxygen atoms in total. The first-order valence-electron chi connectivity index (χ1n) is 7.25. The van der Waals surface area contributed by atoms with Gasteiger partial charge in [-0.3, -0.25) is 0 Å². The van der Waals surface area contributed by atoms with Gasteiger partial charge in [0, 0.05) is 15.6 Å². The largest absolute Gasteiger partial charge is 0.489 e. The van der Waals surface area contributed by atoms with Gasteiger partial charge in [0.1, 0.15) is 23.8 Å². The Morgan fingerprint density at radius 2 is 1.75 bits per heavy atom. The van der Waals surface area contributed by atoms with Crippen LogP contribution in [0.1, 0.15) is 36.7 Å². The van der Waals surface area contributed by atoms with Gasteiger partial charge in [0.05, 0.1) is 5.56 Å².